The van der Waals surface area contributed by atoms with E-state index in [1.807, 2.05) is 0 Å². The molecule has 0 unspecified atom stereocenters. The fraction of sp³-hybridized carbons (Fsp3) is 1.00. The molecule has 1 N–H and O–H groups in total. The van der Waals surface area contributed by atoms with Crippen LogP contribution < -0.4 is 5.32 Å². The first kappa shape index (κ1) is 5.69. The van der Waals surface area contributed by atoms with E-state index < -0.39 is 0 Å². The number of hydrogen-bond acceptors (Lipinski definition) is 2. The highest BCUT2D eigenvalue weighted by atomic mass is 16.5. The van der Waals surface area contributed by atoms with Gasteiger partial charge in [0.25, 0.3) is 0 Å². The second-order valence-electron chi connectivity index (χ2n) is 2.97. The summed E-state index contributed by atoms with van der Waals surface area (Å²) in [7, 11) is 0. The molecule has 2 nitrogen and oxygen atoms in total. The largest absolute Gasteiger partial charge is 0.378 e. The van der Waals surface area contributed by atoms with E-state index in [0.29, 0.717) is 6.10 Å². The van der Waals surface area contributed by atoms with Crippen molar-refractivity contribution in [2.45, 2.75) is 31.4 Å². The van der Waals surface area contributed by atoms with E-state index in [9.17, 15) is 0 Å². The Kier molecular flexibility index (Phi) is 1.44. The van der Waals surface area contributed by atoms with Crippen LogP contribution in [-0.2, 0) is 4.74 Å². The summed E-state index contributed by atoms with van der Waals surface area (Å²) in [5.41, 5.74) is 0. The Morgan fingerprint density at radius 1 is 1.33 bits per heavy atom. The van der Waals surface area contributed by atoms with E-state index >= 15 is 0 Å². The minimum Gasteiger partial charge on any atom is -0.378 e. The molecule has 0 amide bonds. The predicted octanol–water partition coefficient (Wildman–Crippen LogP) is 0.527. The normalized spacial score (nSPS) is 42.7. The zero-order valence-electron chi connectivity index (χ0n) is 5.60. The number of hydrogen-bond donors (Lipinski definition) is 1. The van der Waals surface area contributed by atoms with Gasteiger partial charge in [0, 0.05) is 12.6 Å². The van der Waals surface area contributed by atoms with Crippen molar-refractivity contribution in [3.63, 3.8) is 0 Å². The average molecular weight is 127 g/mol. The lowest BCUT2D eigenvalue weighted by Gasteiger charge is -2.38. The van der Waals surface area contributed by atoms with Crippen molar-refractivity contribution in [2.75, 3.05) is 13.2 Å². The summed E-state index contributed by atoms with van der Waals surface area (Å²) < 4.78 is 5.51. The second kappa shape index (κ2) is 2.27. The SMILES string of the molecule is C1CNC2CC(C2)OC1. The maximum Gasteiger partial charge on any atom is 0.0604 e. The lowest BCUT2D eigenvalue weighted by atomic mass is 9.88. The van der Waals surface area contributed by atoms with Crippen LogP contribution in [0.1, 0.15) is 19.3 Å². The molecule has 3 rings (SSSR count). The molecule has 2 saturated heterocycles. The van der Waals surface area contributed by atoms with Crippen molar-refractivity contribution in [3.05, 3.63) is 0 Å². The molecular weight excluding hydrogens is 114 g/mol. The molecule has 2 bridgehead atoms. The third-order valence-corrected chi connectivity index (χ3v) is 2.20. The minimum absolute atomic E-state index is 0.600. The molecule has 52 valence electrons. The smallest absolute Gasteiger partial charge is 0.0604 e. The van der Waals surface area contributed by atoms with Crippen molar-refractivity contribution in [1.29, 1.82) is 0 Å². The van der Waals surface area contributed by atoms with Gasteiger partial charge in [-0.2, -0.15) is 0 Å². The first-order chi connectivity index (χ1) is 4.45. The maximum absolute atomic E-state index is 5.51. The predicted molar refractivity (Wildman–Crippen MR) is 35.4 cm³/mol. The number of fused-ring (bicyclic) bond motifs is 4. The highest BCUT2D eigenvalue weighted by Gasteiger charge is 2.30. The zero-order chi connectivity index (χ0) is 6.10. The van der Waals surface area contributed by atoms with Gasteiger partial charge in [-0.05, 0) is 25.8 Å². The highest BCUT2D eigenvalue weighted by molar-refractivity contribution is 4.86. The van der Waals surface area contributed by atoms with Crippen molar-refractivity contribution < 1.29 is 4.74 Å². The van der Waals surface area contributed by atoms with E-state index in [1.54, 1.807) is 0 Å². The Hall–Kier alpha value is -0.0800. The highest BCUT2D eigenvalue weighted by Crippen LogP contribution is 2.24. The molecule has 2 heterocycles. The molecule has 3 aliphatic rings. The molecule has 2 aliphatic heterocycles. The lowest BCUT2D eigenvalue weighted by molar-refractivity contribution is -0.0303. The summed E-state index contributed by atoms with van der Waals surface area (Å²) in [5.74, 6) is 0. The van der Waals surface area contributed by atoms with Crippen LogP contribution in [0.4, 0.5) is 0 Å². The topological polar surface area (TPSA) is 21.3 Å². The molecule has 1 saturated carbocycles. The molecule has 3 fully saturated rings. The van der Waals surface area contributed by atoms with E-state index in [-0.39, 0.29) is 0 Å². The van der Waals surface area contributed by atoms with Crippen LogP contribution in [0.15, 0.2) is 0 Å². The Bertz CT molecular complexity index is 83.6. The summed E-state index contributed by atoms with van der Waals surface area (Å²) in [6.45, 7) is 2.11. The molecular formula is C7H13NO. The zero-order valence-corrected chi connectivity index (χ0v) is 5.60. The van der Waals surface area contributed by atoms with Gasteiger partial charge in [-0.15, -0.1) is 0 Å². The minimum atomic E-state index is 0.600. The van der Waals surface area contributed by atoms with Crippen LogP contribution in [0.25, 0.3) is 0 Å². The Morgan fingerprint density at radius 2 is 2.22 bits per heavy atom. The van der Waals surface area contributed by atoms with Gasteiger partial charge >= 0.3 is 0 Å². The monoisotopic (exact) mass is 127 g/mol. The Labute approximate surface area is 55.6 Å². The van der Waals surface area contributed by atoms with Gasteiger partial charge in [0.15, 0.2) is 0 Å². The van der Waals surface area contributed by atoms with E-state index in [2.05, 4.69) is 5.32 Å². The van der Waals surface area contributed by atoms with Gasteiger partial charge in [-0.3, -0.25) is 0 Å². The van der Waals surface area contributed by atoms with Gasteiger partial charge in [0.05, 0.1) is 6.10 Å². The Morgan fingerprint density at radius 3 is 3.11 bits per heavy atom. The number of ether oxygens (including phenoxy) is 1. The first-order valence-corrected chi connectivity index (χ1v) is 3.80. The van der Waals surface area contributed by atoms with Crippen molar-refractivity contribution in [2.24, 2.45) is 0 Å². The van der Waals surface area contributed by atoms with Gasteiger partial charge < -0.3 is 10.1 Å². The molecule has 9 heavy (non-hydrogen) atoms. The Balaban J connectivity index is 1.85. The van der Waals surface area contributed by atoms with Crippen molar-refractivity contribution >= 4 is 0 Å². The fourth-order valence-corrected chi connectivity index (χ4v) is 1.50. The van der Waals surface area contributed by atoms with Crippen LogP contribution >= 0.6 is 0 Å². The first-order valence-electron chi connectivity index (χ1n) is 3.80. The van der Waals surface area contributed by atoms with Crippen LogP contribution in [0.3, 0.4) is 0 Å². The van der Waals surface area contributed by atoms with E-state index in [4.69, 9.17) is 4.74 Å². The summed E-state index contributed by atoms with van der Waals surface area (Å²) >= 11 is 0. The molecule has 2 heteroatoms. The molecule has 0 radical (unpaired) electrons. The number of nitrogens with one attached hydrogen (secondary N) is 1. The standard InChI is InChI=1S/C7H13NO/c1-2-8-6-4-7(5-6)9-3-1/h6-8H,1-5H2. The van der Waals surface area contributed by atoms with E-state index in [1.165, 1.54) is 19.3 Å². The van der Waals surface area contributed by atoms with Crippen LogP contribution in [-0.4, -0.2) is 25.3 Å². The maximum atomic E-state index is 5.51. The van der Waals surface area contributed by atoms with Gasteiger partial charge in [-0.1, -0.05) is 0 Å². The fourth-order valence-electron chi connectivity index (χ4n) is 1.50. The average Bonchev–Trinajstić information content (AvgIpc) is 1.54. The van der Waals surface area contributed by atoms with Crippen molar-refractivity contribution in [3.8, 4) is 0 Å². The number of rotatable bonds is 0. The van der Waals surface area contributed by atoms with Crippen LogP contribution in [0, 0.1) is 0 Å². The molecule has 0 aromatic heterocycles. The summed E-state index contributed by atoms with van der Waals surface area (Å²) in [4.78, 5) is 0. The van der Waals surface area contributed by atoms with Crippen LogP contribution in [0.2, 0.25) is 0 Å². The van der Waals surface area contributed by atoms with E-state index in [0.717, 1.165) is 19.2 Å². The molecule has 0 aromatic carbocycles. The van der Waals surface area contributed by atoms with Gasteiger partial charge in [0.1, 0.15) is 0 Å². The second-order valence-corrected chi connectivity index (χ2v) is 2.97. The van der Waals surface area contributed by atoms with Crippen LogP contribution in [0.5, 0.6) is 0 Å². The van der Waals surface area contributed by atoms with Gasteiger partial charge in [-0.25, -0.2) is 0 Å². The molecule has 0 spiro atoms. The van der Waals surface area contributed by atoms with Crippen molar-refractivity contribution in [1.82, 2.24) is 5.32 Å². The summed E-state index contributed by atoms with van der Waals surface area (Å²) in [6.07, 6.45) is 4.29. The lowest BCUT2D eigenvalue weighted by Crippen LogP contribution is -2.48. The quantitative estimate of drug-likeness (QED) is 0.512. The molecule has 0 aromatic rings. The molecule has 1 aliphatic carbocycles. The third-order valence-electron chi connectivity index (χ3n) is 2.20. The van der Waals surface area contributed by atoms with Gasteiger partial charge in [0.2, 0.25) is 0 Å². The molecule has 0 atom stereocenters. The summed E-state index contributed by atoms with van der Waals surface area (Å²) in [5, 5.41) is 3.47. The third kappa shape index (κ3) is 1.10. The summed E-state index contributed by atoms with van der Waals surface area (Å²) in [6, 6.07) is 0.787.